The van der Waals surface area contributed by atoms with E-state index in [1.807, 2.05) is 6.07 Å². The third kappa shape index (κ3) is 4.49. The van der Waals surface area contributed by atoms with Crippen molar-refractivity contribution >= 4 is 0 Å². The summed E-state index contributed by atoms with van der Waals surface area (Å²) in [5.41, 5.74) is 7.22. The van der Waals surface area contributed by atoms with Gasteiger partial charge in [0.15, 0.2) is 0 Å². The van der Waals surface area contributed by atoms with Gasteiger partial charge in [-0.05, 0) is 36.8 Å². The van der Waals surface area contributed by atoms with Crippen molar-refractivity contribution in [3.63, 3.8) is 0 Å². The minimum Gasteiger partial charge on any atom is -0.396 e. The summed E-state index contributed by atoms with van der Waals surface area (Å²) < 4.78 is 0. The molecule has 2 unspecified atom stereocenters. The molecule has 2 heteroatoms. The summed E-state index contributed by atoms with van der Waals surface area (Å²) in [5.74, 6) is 0.891. The summed E-state index contributed by atoms with van der Waals surface area (Å²) in [4.78, 5) is 0. The molecule has 2 nitrogen and oxygen atoms in total. The molecule has 17 heavy (non-hydrogen) atoms. The highest BCUT2D eigenvalue weighted by atomic mass is 16.3. The molecule has 0 amide bonds. The van der Waals surface area contributed by atoms with E-state index in [0.717, 1.165) is 6.42 Å². The Hall–Kier alpha value is -0.860. The topological polar surface area (TPSA) is 46.2 Å². The van der Waals surface area contributed by atoms with Crippen molar-refractivity contribution in [2.75, 3.05) is 13.2 Å². The number of benzene rings is 1. The molecular formula is C15H25NO. The standard InChI is InChI=1S/C15H25NO/c1-2-3-9-15(14(12-16)10-11-17)13-7-5-4-6-8-13/h4-8,14-15,17H,2-3,9-12,16H2,1H3. The quantitative estimate of drug-likeness (QED) is 0.727. The van der Waals surface area contributed by atoms with Gasteiger partial charge in [0.1, 0.15) is 0 Å². The molecule has 2 atom stereocenters. The third-order valence-corrected chi connectivity index (χ3v) is 3.47. The molecular weight excluding hydrogens is 210 g/mol. The molecule has 0 fully saturated rings. The summed E-state index contributed by atoms with van der Waals surface area (Å²) in [6, 6.07) is 10.6. The zero-order valence-electron chi connectivity index (χ0n) is 10.8. The Balaban J connectivity index is 2.78. The molecule has 0 radical (unpaired) electrons. The van der Waals surface area contributed by atoms with Crippen molar-refractivity contribution in [2.24, 2.45) is 11.7 Å². The van der Waals surface area contributed by atoms with E-state index in [1.165, 1.54) is 24.8 Å². The average Bonchev–Trinajstić information content (AvgIpc) is 2.39. The van der Waals surface area contributed by atoms with Gasteiger partial charge in [-0.15, -0.1) is 0 Å². The fourth-order valence-corrected chi connectivity index (χ4v) is 2.45. The van der Waals surface area contributed by atoms with Crippen molar-refractivity contribution < 1.29 is 5.11 Å². The zero-order valence-corrected chi connectivity index (χ0v) is 10.8. The summed E-state index contributed by atoms with van der Waals surface area (Å²) >= 11 is 0. The predicted octanol–water partition coefficient (Wildman–Crippen LogP) is 2.92. The Bertz CT molecular complexity index is 286. The molecule has 0 aliphatic heterocycles. The fourth-order valence-electron chi connectivity index (χ4n) is 2.45. The van der Waals surface area contributed by atoms with Gasteiger partial charge in [-0.1, -0.05) is 50.1 Å². The van der Waals surface area contributed by atoms with Gasteiger partial charge < -0.3 is 10.8 Å². The maximum absolute atomic E-state index is 9.13. The molecule has 0 aliphatic rings. The van der Waals surface area contributed by atoms with Crippen LogP contribution in [0.1, 0.15) is 44.1 Å². The molecule has 1 rings (SSSR count). The Kier molecular flexibility index (Phi) is 6.90. The first-order chi connectivity index (χ1) is 8.33. The van der Waals surface area contributed by atoms with Gasteiger partial charge in [0.05, 0.1) is 0 Å². The molecule has 0 spiro atoms. The smallest absolute Gasteiger partial charge is 0.0434 e. The Morgan fingerprint density at radius 2 is 1.88 bits per heavy atom. The second-order valence-corrected chi connectivity index (χ2v) is 4.67. The number of aliphatic hydroxyl groups is 1. The van der Waals surface area contributed by atoms with Crippen LogP contribution in [0.15, 0.2) is 30.3 Å². The number of aliphatic hydroxyl groups excluding tert-OH is 1. The van der Waals surface area contributed by atoms with Gasteiger partial charge in [-0.25, -0.2) is 0 Å². The molecule has 0 aliphatic carbocycles. The van der Waals surface area contributed by atoms with Gasteiger partial charge in [-0.2, -0.15) is 0 Å². The van der Waals surface area contributed by atoms with E-state index in [-0.39, 0.29) is 6.61 Å². The van der Waals surface area contributed by atoms with Crippen molar-refractivity contribution in [2.45, 2.75) is 38.5 Å². The molecule has 0 heterocycles. The maximum atomic E-state index is 9.13. The lowest BCUT2D eigenvalue weighted by Crippen LogP contribution is -2.23. The van der Waals surface area contributed by atoms with Gasteiger partial charge in [0.25, 0.3) is 0 Å². The molecule has 0 saturated heterocycles. The SMILES string of the molecule is CCCCC(c1ccccc1)C(CN)CCO. The van der Waals surface area contributed by atoms with Crippen LogP contribution in [0.25, 0.3) is 0 Å². The van der Waals surface area contributed by atoms with E-state index in [0.29, 0.717) is 18.4 Å². The van der Waals surface area contributed by atoms with E-state index in [9.17, 15) is 0 Å². The predicted molar refractivity (Wildman–Crippen MR) is 73.0 cm³/mol. The maximum Gasteiger partial charge on any atom is 0.0434 e. The third-order valence-electron chi connectivity index (χ3n) is 3.47. The van der Waals surface area contributed by atoms with Crippen LogP contribution >= 0.6 is 0 Å². The van der Waals surface area contributed by atoms with Gasteiger partial charge in [0, 0.05) is 6.61 Å². The Labute approximate surface area is 105 Å². The monoisotopic (exact) mass is 235 g/mol. The van der Waals surface area contributed by atoms with E-state index in [2.05, 4.69) is 31.2 Å². The molecule has 0 bridgehead atoms. The van der Waals surface area contributed by atoms with Crippen molar-refractivity contribution in [1.29, 1.82) is 0 Å². The van der Waals surface area contributed by atoms with E-state index in [4.69, 9.17) is 10.8 Å². The number of unbranched alkanes of at least 4 members (excludes halogenated alkanes) is 1. The van der Waals surface area contributed by atoms with E-state index >= 15 is 0 Å². The second kappa shape index (κ2) is 8.26. The minimum atomic E-state index is 0.233. The van der Waals surface area contributed by atoms with Crippen molar-refractivity contribution in [3.8, 4) is 0 Å². The molecule has 0 saturated carbocycles. The lowest BCUT2D eigenvalue weighted by Gasteiger charge is -2.26. The van der Waals surface area contributed by atoms with Gasteiger partial charge in [-0.3, -0.25) is 0 Å². The van der Waals surface area contributed by atoms with Crippen molar-refractivity contribution in [1.82, 2.24) is 0 Å². The molecule has 1 aromatic carbocycles. The normalized spacial score (nSPS) is 14.5. The van der Waals surface area contributed by atoms with Crippen LogP contribution < -0.4 is 5.73 Å². The number of hydrogen-bond acceptors (Lipinski definition) is 2. The lowest BCUT2D eigenvalue weighted by molar-refractivity contribution is 0.240. The minimum absolute atomic E-state index is 0.233. The van der Waals surface area contributed by atoms with Gasteiger partial charge >= 0.3 is 0 Å². The van der Waals surface area contributed by atoms with Crippen LogP contribution in [0.5, 0.6) is 0 Å². The summed E-state index contributed by atoms with van der Waals surface area (Å²) in [5, 5.41) is 9.13. The summed E-state index contributed by atoms with van der Waals surface area (Å²) in [6.07, 6.45) is 4.41. The largest absolute Gasteiger partial charge is 0.396 e. The van der Waals surface area contributed by atoms with Crippen LogP contribution in [0.2, 0.25) is 0 Å². The van der Waals surface area contributed by atoms with Crippen molar-refractivity contribution in [3.05, 3.63) is 35.9 Å². The second-order valence-electron chi connectivity index (χ2n) is 4.67. The number of nitrogens with two attached hydrogens (primary N) is 1. The Morgan fingerprint density at radius 1 is 1.18 bits per heavy atom. The first-order valence-corrected chi connectivity index (χ1v) is 6.69. The summed E-state index contributed by atoms with van der Waals surface area (Å²) in [7, 11) is 0. The van der Waals surface area contributed by atoms with Crippen LogP contribution in [-0.4, -0.2) is 18.3 Å². The van der Waals surface area contributed by atoms with Crippen LogP contribution in [0, 0.1) is 5.92 Å². The Morgan fingerprint density at radius 3 is 2.41 bits per heavy atom. The molecule has 0 aromatic heterocycles. The van der Waals surface area contributed by atoms with Gasteiger partial charge in [0.2, 0.25) is 0 Å². The highest BCUT2D eigenvalue weighted by Crippen LogP contribution is 2.31. The molecule has 1 aromatic rings. The first kappa shape index (κ1) is 14.2. The van der Waals surface area contributed by atoms with E-state index in [1.54, 1.807) is 0 Å². The van der Waals surface area contributed by atoms with Crippen LogP contribution in [-0.2, 0) is 0 Å². The number of rotatable bonds is 8. The van der Waals surface area contributed by atoms with E-state index < -0.39 is 0 Å². The molecule has 96 valence electrons. The lowest BCUT2D eigenvalue weighted by atomic mass is 9.81. The zero-order chi connectivity index (χ0) is 12.5. The highest BCUT2D eigenvalue weighted by molar-refractivity contribution is 5.20. The highest BCUT2D eigenvalue weighted by Gasteiger charge is 2.20. The molecule has 3 N–H and O–H groups in total. The fraction of sp³-hybridized carbons (Fsp3) is 0.600. The first-order valence-electron chi connectivity index (χ1n) is 6.69. The van der Waals surface area contributed by atoms with Crippen LogP contribution in [0.3, 0.4) is 0 Å². The summed E-state index contributed by atoms with van der Waals surface area (Å²) in [6.45, 7) is 3.10. The van der Waals surface area contributed by atoms with Crippen LogP contribution in [0.4, 0.5) is 0 Å². The number of hydrogen-bond donors (Lipinski definition) is 2. The average molecular weight is 235 g/mol.